The van der Waals surface area contributed by atoms with Crippen LogP contribution >= 0.6 is 0 Å². The molecule has 0 saturated heterocycles. The fourth-order valence-corrected chi connectivity index (χ4v) is 10.2. The van der Waals surface area contributed by atoms with Gasteiger partial charge in [-0.05, 0) is 57.8 Å². The van der Waals surface area contributed by atoms with Gasteiger partial charge in [-0.2, -0.15) is 0 Å². The van der Waals surface area contributed by atoms with Crippen LogP contribution < -0.4 is 5.32 Å². The number of carbonyl (C=O) groups excluding carboxylic acids is 2. The van der Waals surface area contributed by atoms with E-state index in [0.29, 0.717) is 19.4 Å². The number of aliphatic hydroxyl groups is 2. The van der Waals surface area contributed by atoms with Gasteiger partial charge in [0.2, 0.25) is 5.91 Å². The third-order valence-electron chi connectivity index (χ3n) is 15.2. The van der Waals surface area contributed by atoms with Crippen molar-refractivity contribution in [1.82, 2.24) is 5.32 Å². The number of esters is 1. The SMILES string of the molecule is CCCCCCCCCCCCCCCCCCCCCCC/C=C/C(O)C(CO)NC(=O)CCCCCCCCC/C=C\CCCCCCCCOC(=O)CCCCCCCCCCCCCCCCC. The molecule has 0 bridgehead atoms. The van der Waals surface area contributed by atoms with E-state index in [-0.39, 0.29) is 18.5 Å². The fourth-order valence-electron chi connectivity index (χ4n) is 10.2. The predicted molar refractivity (Wildman–Crippen MR) is 315 cm³/mol. The molecular weight excluding hydrogens is 887 g/mol. The Bertz CT molecular complexity index is 1120. The lowest BCUT2D eigenvalue weighted by molar-refractivity contribution is -0.143. The second-order valence-corrected chi connectivity index (χ2v) is 22.5. The first-order valence-electron chi connectivity index (χ1n) is 32.6. The maximum atomic E-state index is 12.5. The summed E-state index contributed by atoms with van der Waals surface area (Å²) in [5.74, 6) is -0.0753. The number of rotatable bonds is 61. The summed E-state index contributed by atoms with van der Waals surface area (Å²) in [5, 5.41) is 23.2. The van der Waals surface area contributed by atoms with Gasteiger partial charge >= 0.3 is 5.97 Å². The second kappa shape index (κ2) is 61.9. The molecule has 6 nitrogen and oxygen atoms in total. The van der Waals surface area contributed by atoms with E-state index in [1.165, 1.54) is 276 Å². The summed E-state index contributed by atoms with van der Waals surface area (Å²) in [5.41, 5.74) is 0. The van der Waals surface area contributed by atoms with Crippen LogP contribution in [0, 0.1) is 0 Å². The molecule has 0 heterocycles. The molecule has 0 aromatic rings. The largest absolute Gasteiger partial charge is 0.466 e. The van der Waals surface area contributed by atoms with Gasteiger partial charge in [-0.25, -0.2) is 0 Å². The molecule has 0 rings (SSSR count). The molecule has 72 heavy (non-hydrogen) atoms. The first-order valence-corrected chi connectivity index (χ1v) is 32.6. The highest BCUT2D eigenvalue weighted by atomic mass is 16.5. The molecule has 0 aliphatic rings. The van der Waals surface area contributed by atoms with Gasteiger partial charge in [0.05, 0.1) is 25.4 Å². The van der Waals surface area contributed by atoms with Crippen molar-refractivity contribution in [1.29, 1.82) is 0 Å². The van der Waals surface area contributed by atoms with Gasteiger partial charge in [-0.3, -0.25) is 9.59 Å². The molecule has 1 amide bonds. The summed E-state index contributed by atoms with van der Waals surface area (Å²) in [6.07, 6.45) is 76.5. The van der Waals surface area contributed by atoms with Crippen LogP contribution in [0.25, 0.3) is 0 Å². The summed E-state index contributed by atoms with van der Waals surface area (Å²) in [6, 6.07) is -0.638. The lowest BCUT2D eigenvalue weighted by Crippen LogP contribution is -2.45. The number of carbonyl (C=O) groups is 2. The first kappa shape index (κ1) is 70.3. The van der Waals surface area contributed by atoms with Crippen molar-refractivity contribution in [2.24, 2.45) is 0 Å². The standard InChI is InChI=1S/C66H127NO5/c1-3-5-7-9-11-13-15-17-19-20-21-22-23-24-25-27-31-34-38-42-46-50-54-58-64(69)63(62-68)67-65(70)59-55-51-47-43-39-35-32-28-26-29-33-37-41-45-49-53-57-61-72-66(71)60-56-52-48-44-40-36-30-18-16-14-12-10-8-6-4-2/h26,29,54,58,63-64,68-69H,3-25,27-28,30-53,55-57,59-62H2,1-2H3,(H,67,70)/b29-26-,58-54+. The summed E-state index contributed by atoms with van der Waals surface area (Å²) >= 11 is 0. The molecule has 0 aromatic carbocycles. The number of hydrogen-bond acceptors (Lipinski definition) is 5. The van der Waals surface area contributed by atoms with Crippen LogP contribution in [-0.2, 0) is 14.3 Å². The Hall–Kier alpha value is -1.66. The van der Waals surface area contributed by atoms with Crippen molar-refractivity contribution < 1.29 is 24.5 Å². The quantitative estimate of drug-likeness (QED) is 0.0320. The van der Waals surface area contributed by atoms with Crippen LogP contribution in [0.2, 0.25) is 0 Å². The van der Waals surface area contributed by atoms with Crippen molar-refractivity contribution >= 4 is 11.9 Å². The number of ether oxygens (including phenoxy) is 1. The average molecular weight is 1010 g/mol. The van der Waals surface area contributed by atoms with Crippen LogP contribution in [0.3, 0.4) is 0 Å². The third-order valence-corrected chi connectivity index (χ3v) is 15.2. The van der Waals surface area contributed by atoms with Crippen molar-refractivity contribution in [2.45, 2.75) is 373 Å². The minimum Gasteiger partial charge on any atom is -0.466 e. The molecule has 0 saturated carbocycles. The highest BCUT2D eigenvalue weighted by Gasteiger charge is 2.18. The molecule has 0 aliphatic heterocycles. The van der Waals surface area contributed by atoms with Gasteiger partial charge in [0, 0.05) is 12.8 Å². The molecule has 0 aromatic heterocycles. The molecule has 0 spiro atoms. The van der Waals surface area contributed by atoms with E-state index in [4.69, 9.17) is 4.74 Å². The van der Waals surface area contributed by atoms with E-state index in [9.17, 15) is 19.8 Å². The van der Waals surface area contributed by atoms with E-state index < -0.39 is 12.1 Å². The predicted octanol–water partition coefficient (Wildman–Crippen LogP) is 20.6. The molecule has 2 atom stereocenters. The Balaban J connectivity index is 3.47. The number of amides is 1. The minimum atomic E-state index is -0.853. The van der Waals surface area contributed by atoms with Crippen molar-refractivity contribution in [3.05, 3.63) is 24.3 Å². The lowest BCUT2D eigenvalue weighted by atomic mass is 10.0. The van der Waals surface area contributed by atoms with Crippen molar-refractivity contribution in [2.75, 3.05) is 13.2 Å². The molecule has 0 radical (unpaired) electrons. The average Bonchev–Trinajstić information content (AvgIpc) is 3.38. The Morgan fingerprint density at radius 2 is 0.653 bits per heavy atom. The summed E-state index contributed by atoms with van der Waals surface area (Å²) < 4.78 is 5.48. The minimum absolute atomic E-state index is 0.000917. The smallest absolute Gasteiger partial charge is 0.305 e. The van der Waals surface area contributed by atoms with Crippen molar-refractivity contribution in [3.63, 3.8) is 0 Å². The van der Waals surface area contributed by atoms with Gasteiger partial charge in [0.15, 0.2) is 0 Å². The molecule has 6 heteroatoms. The zero-order valence-corrected chi connectivity index (χ0v) is 48.7. The van der Waals surface area contributed by atoms with Crippen LogP contribution in [0.5, 0.6) is 0 Å². The van der Waals surface area contributed by atoms with Crippen molar-refractivity contribution in [3.8, 4) is 0 Å². The van der Waals surface area contributed by atoms with Gasteiger partial charge in [-0.1, -0.05) is 314 Å². The van der Waals surface area contributed by atoms with Gasteiger partial charge in [-0.15, -0.1) is 0 Å². The first-order chi connectivity index (χ1) is 35.5. The second-order valence-electron chi connectivity index (χ2n) is 22.5. The molecule has 0 aliphatic carbocycles. The Labute approximate surface area is 450 Å². The molecule has 0 fully saturated rings. The highest BCUT2D eigenvalue weighted by Crippen LogP contribution is 2.18. The Morgan fingerprint density at radius 1 is 0.375 bits per heavy atom. The highest BCUT2D eigenvalue weighted by molar-refractivity contribution is 5.76. The molecule has 426 valence electrons. The Kier molecular flexibility index (Phi) is 60.5. The summed E-state index contributed by atoms with van der Waals surface area (Å²) in [4.78, 5) is 24.6. The molecular formula is C66H127NO5. The zero-order chi connectivity index (χ0) is 52.2. The maximum absolute atomic E-state index is 12.5. The van der Waals surface area contributed by atoms with Crippen LogP contribution in [-0.4, -0.2) is 47.4 Å². The van der Waals surface area contributed by atoms with E-state index >= 15 is 0 Å². The monoisotopic (exact) mass is 1010 g/mol. The number of aliphatic hydroxyl groups excluding tert-OH is 2. The summed E-state index contributed by atoms with van der Waals surface area (Å²) in [7, 11) is 0. The van der Waals surface area contributed by atoms with Crippen LogP contribution in [0.15, 0.2) is 24.3 Å². The topological polar surface area (TPSA) is 95.9 Å². The van der Waals surface area contributed by atoms with E-state index in [1.54, 1.807) is 6.08 Å². The summed E-state index contributed by atoms with van der Waals surface area (Å²) in [6.45, 7) is 4.92. The number of allylic oxidation sites excluding steroid dienone is 3. The number of hydrogen-bond donors (Lipinski definition) is 3. The molecule has 2 unspecified atom stereocenters. The number of unbranched alkanes of at least 4 members (excludes halogenated alkanes) is 48. The third kappa shape index (κ3) is 57.6. The lowest BCUT2D eigenvalue weighted by Gasteiger charge is -2.20. The fraction of sp³-hybridized carbons (Fsp3) is 0.909. The van der Waals surface area contributed by atoms with E-state index in [2.05, 4.69) is 31.3 Å². The van der Waals surface area contributed by atoms with E-state index in [0.717, 1.165) is 57.8 Å². The molecule has 3 N–H and O–H groups in total. The van der Waals surface area contributed by atoms with Crippen LogP contribution in [0.4, 0.5) is 0 Å². The van der Waals surface area contributed by atoms with Gasteiger partial charge < -0.3 is 20.3 Å². The number of nitrogens with one attached hydrogen (secondary N) is 1. The maximum Gasteiger partial charge on any atom is 0.305 e. The van der Waals surface area contributed by atoms with Gasteiger partial charge in [0.1, 0.15) is 0 Å². The van der Waals surface area contributed by atoms with Gasteiger partial charge in [0.25, 0.3) is 0 Å². The van der Waals surface area contributed by atoms with E-state index in [1.807, 2.05) is 6.08 Å². The Morgan fingerprint density at radius 3 is 0.986 bits per heavy atom. The normalized spacial score (nSPS) is 12.7. The van der Waals surface area contributed by atoms with Crippen LogP contribution in [0.1, 0.15) is 361 Å². The zero-order valence-electron chi connectivity index (χ0n) is 48.7.